The van der Waals surface area contributed by atoms with E-state index in [9.17, 15) is 4.79 Å². The third kappa shape index (κ3) is 7.54. The summed E-state index contributed by atoms with van der Waals surface area (Å²) >= 11 is 0. The van der Waals surface area contributed by atoms with E-state index in [2.05, 4.69) is 59.3 Å². The van der Waals surface area contributed by atoms with Crippen molar-refractivity contribution in [3.8, 4) is 11.6 Å². The van der Waals surface area contributed by atoms with Crippen LogP contribution in [0.3, 0.4) is 0 Å². The standard InChI is InChI=1S/C26H31N3O2/c1-2-3-7-17-29(20-22-8-5-4-6-9-22)18-16-21-10-13-24(14-11-21)31-25-15-12-23(19-28-25)26(27)30/h4-6,8-15,19H,2-3,7,16-18,20H2,1H3,(H2,27,30). The summed E-state index contributed by atoms with van der Waals surface area (Å²) in [5.74, 6) is 0.647. The number of carbonyl (C=O) groups is 1. The number of hydrogen-bond donors (Lipinski definition) is 1. The number of aromatic nitrogens is 1. The van der Waals surface area contributed by atoms with Gasteiger partial charge in [0.25, 0.3) is 0 Å². The van der Waals surface area contributed by atoms with E-state index < -0.39 is 5.91 Å². The number of rotatable bonds is 12. The quantitative estimate of drug-likeness (QED) is 0.411. The van der Waals surface area contributed by atoms with Crippen LogP contribution in [0.25, 0.3) is 0 Å². The van der Waals surface area contributed by atoms with Crippen molar-refractivity contribution in [1.82, 2.24) is 9.88 Å². The van der Waals surface area contributed by atoms with Crippen molar-refractivity contribution in [2.45, 2.75) is 39.2 Å². The molecule has 0 aliphatic rings. The molecule has 0 atom stereocenters. The minimum Gasteiger partial charge on any atom is -0.439 e. The third-order valence-corrected chi connectivity index (χ3v) is 5.21. The summed E-state index contributed by atoms with van der Waals surface area (Å²) in [6.45, 7) is 5.37. The van der Waals surface area contributed by atoms with Crippen molar-refractivity contribution in [2.24, 2.45) is 5.73 Å². The molecular formula is C26H31N3O2. The Morgan fingerprint density at radius 2 is 1.71 bits per heavy atom. The van der Waals surface area contributed by atoms with Crippen LogP contribution in [-0.2, 0) is 13.0 Å². The molecule has 0 spiro atoms. The Morgan fingerprint density at radius 3 is 2.35 bits per heavy atom. The van der Waals surface area contributed by atoms with Crippen LogP contribution in [0.2, 0.25) is 0 Å². The molecule has 0 unspecified atom stereocenters. The van der Waals surface area contributed by atoms with Crippen molar-refractivity contribution in [3.05, 3.63) is 89.6 Å². The SMILES string of the molecule is CCCCCN(CCc1ccc(Oc2ccc(C(N)=O)cn2)cc1)Cc1ccccc1. The molecule has 0 saturated carbocycles. The molecule has 0 aliphatic carbocycles. The molecule has 0 saturated heterocycles. The molecule has 1 heterocycles. The minimum atomic E-state index is -0.501. The fraction of sp³-hybridized carbons (Fsp3) is 0.308. The Kier molecular flexibility index (Phi) is 8.61. The molecule has 0 radical (unpaired) electrons. The monoisotopic (exact) mass is 417 g/mol. The van der Waals surface area contributed by atoms with Crippen LogP contribution in [0, 0.1) is 0 Å². The molecule has 31 heavy (non-hydrogen) atoms. The Bertz CT molecular complexity index is 925. The molecule has 0 bridgehead atoms. The molecule has 1 amide bonds. The first kappa shape index (κ1) is 22.5. The maximum absolute atomic E-state index is 11.1. The minimum absolute atomic E-state index is 0.363. The molecule has 2 aromatic carbocycles. The Morgan fingerprint density at radius 1 is 0.935 bits per heavy atom. The number of amides is 1. The molecule has 162 valence electrons. The smallest absolute Gasteiger partial charge is 0.250 e. The van der Waals surface area contributed by atoms with E-state index in [0.29, 0.717) is 17.2 Å². The summed E-state index contributed by atoms with van der Waals surface area (Å²) in [6.07, 6.45) is 6.15. The van der Waals surface area contributed by atoms with Gasteiger partial charge >= 0.3 is 0 Å². The van der Waals surface area contributed by atoms with E-state index in [1.165, 1.54) is 36.6 Å². The highest BCUT2D eigenvalue weighted by molar-refractivity contribution is 5.92. The fourth-order valence-corrected chi connectivity index (χ4v) is 3.42. The molecule has 2 N–H and O–H groups in total. The van der Waals surface area contributed by atoms with E-state index >= 15 is 0 Å². The van der Waals surface area contributed by atoms with E-state index in [4.69, 9.17) is 10.5 Å². The predicted octanol–water partition coefficient (Wildman–Crippen LogP) is 5.21. The number of hydrogen-bond acceptors (Lipinski definition) is 4. The first-order valence-electron chi connectivity index (χ1n) is 10.9. The second kappa shape index (κ2) is 11.9. The molecule has 0 fully saturated rings. The van der Waals surface area contributed by atoms with Crippen molar-refractivity contribution in [1.29, 1.82) is 0 Å². The lowest BCUT2D eigenvalue weighted by Gasteiger charge is -2.22. The van der Waals surface area contributed by atoms with Gasteiger partial charge in [-0.2, -0.15) is 0 Å². The second-order valence-corrected chi connectivity index (χ2v) is 7.71. The van der Waals surface area contributed by atoms with E-state index in [-0.39, 0.29) is 0 Å². The van der Waals surface area contributed by atoms with Crippen LogP contribution < -0.4 is 10.5 Å². The Balaban J connectivity index is 1.54. The third-order valence-electron chi connectivity index (χ3n) is 5.21. The van der Waals surface area contributed by atoms with Crippen molar-refractivity contribution in [2.75, 3.05) is 13.1 Å². The summed E-state index contributed by atoms with van der Waals surface area (Å²) in [5.41, 5.74) is 8.23. The van der Waals surface area contributed by atoms with Crippen LogP contribution in [-0.4, -0.2) is 28.9 Å². The predicted molar refractivity (Wildman–Crippen MR) is 124 cm³/mol. The maximum Gasteiger partial charge on any atom is 0.250 e. The van der Waals surface area contributed by atoms with Gasteiger partial charge in [0.05, 0.1) is 5.56 Å². The second-order valence-electron chi connectivity index (χ2n) is 7.71. The van der Waals surface area contributed by atoms with Crippen LogP contribution in [0.15, 0.2) is 72.9 Å². The number of ether oxygens (including phenoxy) is 1. The largest absolute Gasteiger partial charge is 0.439 e. The Hall–Kier alpha value is -3.18. The van der Waals surface area contributed by atoms with Crippen molar-refractivity contribution >= 4 is 5.91 Å². The van der Waals surface area contributed by atoms with E-state index in [1.54, 1.807) is 12.1 Å². The van der Waals surface area contributed by atoms with E-state index in [0.717, 1.165) is 26.1 Å². The highest BCUT2D eigenvalue weighted by Crippen LogP contribution is 2.20. The first-order valence-corrected chi connectivity index (χ1v) is 10.9. The first-order chi connectivity index (χ1) is 15.1. The molecule has 3 rings (SSSR count). The van der Waals surface area contributed by atoms with Crippen LogP contribution in [0.4, 0.5) is 0 Å². The normalized spacial score (nSPS) is 10.9. The van der Waals surface area contributed by atoms with Crippen molar-refractivity contribution < 1.29 is 9.53 Å². The lowest BCUT2D eigenvalue weighted by atomic mass is 10.1. The van der Waals surface area contributed by atoms with Gasteiger partial charge < -0.3 is 10.5 Å². The number of unbranched alkanes of at least 4 members (excludes halogenated alkanes) is 2. The zero-order chi connectivity index (χ0) is 21.9. The molecular weight excluding hydrogens is 386 g/mol. The van der Waals surface area contributed by atoms with Gasteiger partial charge in [0.2, 0.25) is 11.8 Å². The van der Waals surface area contributed by atoms with Gasteiger partial charge in [-0.05, 0) is 48.7 Å². The van der Waals surface area contributed by atoms with Gasteiger partial charge in [0.1, 0.15) is 5.75 Å². The number of nitrogens with zero attached hydrogens (tertiary/aromatic N) is 2. The molecule has 3 aromatic rings. The highest BCUT2D eigenvalue weighted by Gasteiger charge is 2.07. The van der Waals surface area contributed by atoms with Gasteiger partial charge in [0.15, 0.2) is 0 Å². The number of carbonyl (C=O) groups excluding carboxylic acids is 1. The summed E-state index contributed by atoms with van der Waals surface area (Å²) in [7, 11) is 0. The summed E-state index contributed by atoms with van der Waals surface area (Å²) in [5, 5.41) is 0. The number of nitrogens with two attached hydrogens (primary N) is 1. The number of benzene rings is 2. The average Bonchev–Trinajstić information content (AvgIpc) is 2.79. The van der Waals surface area contributed by atoms with Crippen LogP contribution >= 0.6 is 0 Å². The summed E-state index contributed by atoms with van der Waals surface area (Å²) in [6, 6.07) is 22.0. The van der Waals surface area contributed by atoms with Gasteiger partial charge in [-0.3, -0.25) is 9.69 Å². The zero-order valence-corrected chi connectivity index (χ0v) is 18.2. The maximum atomic E-state index is 11.1. The van der Waals surface area contributed by atoms with E-state index in [1.807, 2.05) is 12.1 Å². The molecule has 0 aliphatic heterocycles. The van der Waals surface area contributed by atoms with Crippen molar-refractivity contribution in [3.63, 3.8) is 0 Å². The molecule has 5 nitrogen and oxygen atoms in total. The summed E-state index contributed by atoms with van der Waals surface area (Å²) < 4.78 is 5.76. The summed E-state index contributed by atoms with van der Waals surface area (Å²) in [4.78, 5) is 17.8. The number of pyridine rings is 1. The number of primary amides is 1. The van der Waals surface area contributed by atoms with Gasteiger partial charge in [-0.25, -0.2) is 4.98 Å². The average molecular weight is 418 g/mol. The lowest BCUT2D eigenvalue weighted by molar-refractivity contribution is 0.1000. The van der Waals surface area contributed by atoms with Crippen LogP contribution in [0.5, 0.6) is 11.6 Å². The Labute approximate surface area is 184 Å². The topological polar surface area (TPSA) is 68.5 Å². The van der Waals surface area contributed by atoms with Gasteiger partial charge in [-0.15, -0.1) is 0 Å². The zero-order valence-electron chi connectivity index (χ0n) is 18.2. The fourth-order valence-electron chi connectivity index (χ4n) is 3.42. The highest BCUT2D eigenvalue weighted by atomic mass is 16.5. The molecule has 1 aromatic heterocycles. The molecule has 5 heteroatoms. The van der Waals surface area contributed by atoms with Crippen LogP contribution in [0.1, 0.15) is 47.7 Å². The lowest BCUT2D eigenvalue weighted by Crippen LogP contribution is -2.27. The van der Waals surface area contributed by atoms with Gasteiger partial charge in [0, 0.05) is 25.4 Å². The van der Waals surface area contributed by atoms with Gasteiger partial charge in [-0.1, -0.05) is 62.2 Å².